The van der Waals surface area contributed by atoms with Crippen molar-refractivity contribution in [3.05, 3.63) is 5.01 Å². The second-order valence-electron chi connectivity index (χ2n) is 3.05. The molecular weight excluding hydrogens is 212 g/mol. The van der Waals surface area contributed by atoms with Gasteiger partial charge in [-0.3, -0.25) is 4.79 Å². The van der Waals surface area contributed by atoms with Crippen LogP contribution in [0.2, 0.25) is 0 Å². The van der Waals surface area contributed by atoms with Crippen molar-refractivity contribution in [2.75, 3.05) is 25.5 Å². The smallest absolute Gasteiger partial charge is 0.284 e. The van der Waals surface area contributed by atoms with Gasteiger partial charge in [-0.25, -0.2) is 0 Å². The molecular formula is C9H16N4OS. The van der Waals surface area contributed by atoms with Crippen LogP contribution in [0.4, 0.5) is 5.13 Å². The quantitative estimate of drug-likeness (QED) is 0.828. The van der Waals surface area contributed by atoms with Crippen LogP contribution < -0.4 is 5.32 Å². The molecule has 0 atom stereocenters. The van der Waals surface area contributed by atoms with Gasteiger partial charge in [0.05, 0.1) is 0 Å². The summed E-state index contributed by atoms with van der Waals surface area (Å²) in [6, 6.07) is 0. The normalized spacial score (nSPS) is 10.1. The number of rotatable bonds is 5. The third-order valence-electron chi connectivity index (χ3n) is 1.98. The number of carbonyl (C=O) groups excluding carboxylic acids is 1. The average Bonchev–Trinajstić information content (AvgIpc) is 2.73. The van der Waals surface area contributed by atoms with E-state index in [0.717, 1.165) is 13.0 Å². The highest BCUT2D eigenvalue weighted by Crippen LogP contribution is 2.16. The molecule has 6 heteroatoms. The molecule has 1 aromatic rings. The molecule has 15 heavy (non-hydrogen) atoms. The fourth-order valence-corrected chi connectivity index (χ4v) is 1.88. The summed E-state index contributed by atoms with van der Waals surface area (Å²) in [6.07, 6.45) is 0.956. The lowest BCUT2D eigenvalue weighted by Gasteiger charge is -2.17. The molecule has 5 nitrogen and oxygen atoms in total. The zero-order valence-corrected chi connectivity index (χ0v) is 10.1. The number of nitrogens with zero attached hydrogens (tertiary/aromatic N) is 3. The first-order chi connectivity index (χ1) is 7.22. The van der Waals surface area contributed by atoms with Crippen LogP contribution >= 0.6 is 11.3 Å². The van der Waals surface area contributed by atoms with Crippen molar-refractivity contribution in [1.29, 1.82) is 0 Å². The predicted octanol–water partition coefficient (Wildman–Crippen LogP) is 1.45. The van der Waals surface area contributed by atoms with E-state index in [2.05, 4.69) is 22.4 Å². The summed E-state index contributed by atoms with van der Waals surface area (Å²) in [4.78, 5) is 13.7. The highest BCUT2D eigenvalue weighted by Gasteiger charge is 2.17. The third-order valence-corrected chi connectivity index (χ3v) is 2.91. The Morgan fingerprint density at radius 3 is 2.67 bits per heavy atom. The molecule has 1 aromatic heterocycles. The maximum Gasteiger partial charge on any atom is 0.284 e. The minimum absolute atomic E-state index is 0.0293. The van der Waals surface area contributed by atoms with Crippen molar-refractivity contribution < 1.29 is 4.79 Å². The summed E-state index contributed by atoms with van der Waals surface area (Å²) in [5.74, 6) is -0.0293. The molecule has 84 valence electrons. The van der Waals surface area contributed by atoms with Crippen molar-refractivity contribution in [2.45, 2.75) is 20.3 Å². The Morgan fingerprint density at radius 2 is 2.20 bits per heavy atom. The predicted molar refractivity (Wildman–Crippen MR) is 61.3 cm³/mol. The van der Waals surface area contributed by atoms with Gasteiger partial charge in [-0.2, -0.15) is 0 Å². The van der Waals surface area contributed by atoms with E-state index in [1.165, 1.54) is 11.3 Å². The molecule has 0 spiro atoms. The molecule has 0 saturated carbocycles. The summed E-state index contributed by atoms with van der Waals surface area (Å²) in [6.45, 7) is 5.49. The SMILES string of the molecule is CCCN(CC)C(=O)c1nnc(NC)s1. The van der Waals surface area contributed by atoms with E-state index < -0.39 is 0 Å². The van der Waals surface area contributed by atoms with Crippen LogP contribution in [0.25, 0.3) is 0 Å². The molecule has 0 saturated heterocycles. The van der Waals surface area contributed by atoms with Crippen LogP contribution in [-0.2, 0) is 0 Å². The molecule has 0 bridgehead atoms. The Kier molecular flexibility index (Phi) is 4.48. The van der Waals surface area contributed by atoms with Crippen molar-refractivity contribution in [3.63, 3.8) is 0 Å². The average molecular weight is 228 g/mol. The maximum absolute atomic E-state index is 11.9. The summed E-state index contributed by atoms with van der Waals surface area (Å²) in [5, 5.41) is 11.7. The Bertz CT molecular complexity index is 326. The van der Waals surface area contributed by atoms with Crippen molar-refractivity contribution in [2.24, 2.45) is 0 Å². The van der Waals surface area contributed by atoms with Gasteiger partial charge in [0.15, 0.2) is 0 Å². The van der Waals surface area contributed by atoms with Crippen LogP contribution in [0.1, 0.15) is 30.1 Å². The highest BCUT2D eigenvalue weighted by molar-refractivity contribution is 7.17. The monoisotopic (exact) mass is 228 g/mol. The van der Waals surface area contributed by atoms with Gasteiger partial charge in [0, 0.05) is 20.1 Å². The van der Waals surface area contributed by atoms with Gasteiger partial charge in [-0.1, -0.05) is 18.3 Å². The fraction of sp³-hybridized carbons (Fsp3) is 0.667. The van der Waals surface area contributed by atoms with E-state index in [0.29, 0.717) is 16.7 Å². The lowest BCUT2D eigenvalue weighted by molar-refractivity contribution is 0.0763. The minimum atomic E-state index is -0.0293. The standard InChI is InChI=1S/C9H16N4OS/c1-4-6-13(5-2)8(14)7-11-12-9(10-3)15-7/h4-6H2,1-3H3,(H,10,12). The van der Waals surface area contributed by atoms with Gasteiger partial charge in [-0.15, -0.1) is 10.2 Å². The molecule has 0 radical (unpaired) electrons. The van der Waals surface area contributed by atoms with Crippen LogP contribution in [0.15, 0.2) is 0 Å². The van der Waals surface area contributed by atoms with Gasteiger partial charge in [-0.05, 0) is 13.3 Å². The van der Waals surface area contributed by atoms with Crippen LogP contribution in [-0.4, -0.2) is 41.1 Å². The summed E-state index contributed by atoms with van der Waals surface area (Å²) in [7, 11) is 1.76. The highest BCUT2D eigenvalue weighted by atomic mass is 32.1. The molecule has 0 aliphatic heterocycles. The molecule has 0 unspecified atom stereocenters. The topological polar surface area (TPSA) is 58.1 Å². The molecule has 0 fully saturated rings. The fourth-order valence-electron chi connectivity index (χ4n) is 1.22. The Balaban J connectivity index is 2.73. The van der Waals surface area contributed by atoms with Crippen LogP contribution in [0.5, 0.6) is 0 Å². The van der Waals surface area contributed by atoms with Gasteiger partial charge < -0.3 is 10.2 Å². The van der Waals surface area contributed by atoms with Crippen LogP contribution in [0.3, 0.4) is 0 Å². The van der Waals surface area contributed by atoms with Gasteiger partial charge in [0.2, 0.25) is 10.1 Å². The van der Waals surface area contributed by atoms with E-state index in [1.807, 2.05) is 6.92 Å². The summed E-state index contributed by atoms with van der Waals surface area (Å²) < 4.78 is 0. The Hall–Kier alpha value is -1.17. The first-order valence-electron chi connectivity index (χ1n) is 5.03. The minimum Gasteiger partial charge on any atom is -0.363 e. The van der Waals surface area contributed by atoms with Crippen molar-refractivity contribution in [3.8, 4) is 0 Å². The van der Waals surface area contributed by atoms with Gasteiger partial charge in [0.25, 0.3) is 5.91 Å². The zero-order chi connectivity index (χ0) is 11.3. The van der Waals surface area contributed by atoms with Crippen molar-refractivity contribution in [1.82, 2.24) is 15.1 Å². The Morgan fingerprint density at radius 1 is 1.47 bits per heavy atom. The van der Waals surface area contributed by atoms with E-state index in [9.17, 15) is 4.79 Å². The second kappa shape index (κ2) is 5.65. The Labute approximate surface area is 93.5 Å². The summed E-state index contributed by atoms with van der Waals surface area (Å²) >= 11 is 1.29. The molecule has 0 aromatic carbocycles. The number of aromatic nitrogens is 2. The second-order valence-corrected chi connectivity index (χ2v) is 4.02. The molecule has 1 heterocycles. The zero-order valence-electron chi connectivity index (χ0n) is 9.28. The molecule has 0 aliphatic rings. The van der Waals surface area contributed by atoms with Gasteiger partial charge >= 0.3 is 0 Å². The molecule has 1 rings (SSSR count). The van der Waals surface area contributed by atoms with E-state index in [1.54, 1.807) is 11.9 Å². The molecule has 0 aliphatic carbocycles. The van der Waals surface area contributed by atoms with E-state index in [-0.39, 0.29) is 5.91 Å². The number of nitrogens with one attached hydrogen (secondary N) is 1. The first-order valence-corrected chi connectivity index (χ1v) is 5.85. The van der Waals surface area contributed by atoms with Crippen molar-refractivity contribution >= 4 is 22.4 Å². The lowest BCUT2D eigenvalue weighted by Crippen LogP contribution is -2.31. The number of hydrogen-bond donors (Lipinski definition) is 1. The largest absolute Gasteiger partial charge is 0.363 e. The number of amides is 1. The van der Waals surface area contributed by atoms with Gasteiger partial charge in [0.1, 0.15) is 0 Å². The summed E-state index contributed by atoms with van der Waals surface area (Å²) in [5.41, 5.74) is 0. The molecule has 1 N–H and O–H groups in total. The van der Waals surface area contributed by atoms with E-state index >= 15 is 0 Å². The van der Waals surface area contributed by atoms with Crippen LogP contribution in [0, 0.1) is 0 Å². The first kappa shape index (κ1) is 11.9. The molecule has 1 amide bonds. The maximum atomic E-state index is 11.9. The lowest BCUT2D eigenvalue weighted by atomic mass is 10.4. The third kappa shape index (κ3) is 2.89. The number of hydrogen-bond acceptors (Lipinski definition) is 5. The number of anilines is 1. The van der Waals surface area contributed by atoms with E-state index in [4.69, 9.17) is 0 Å². The number of carbonyl (C=O) groups is 1.